The van der Waals surface area contributed by atoms with Gasteiger partial charge in [-0.15, -0.1) is 0 Å². The van der Waals surface area contributed by atoms with E-state index in [-0.39, 0.29) is 0 Å². The van der Waals surface area contributed by atoms with Gasteiger partial charge in [-0.3, -0.25) is 4.79 Å². The zero-order chi connectivity index (χ0) is 17.9. The molecule has 0 aromatic carbocycles. The predicted molar refractivity (Wildman–Crippen MR) is 81.0 cm³/mol. The number of halogens is 3. The molecule has 2 aromatic heterocycles. The van der Waals surface area contributed by atoms with Crippen LogP contribution in [0.3, 0.4) is 0 Å². The molecule has 0 atom stereocenters. The lowest BCUT2D eigenvalue weighted by atomic mass is 9.96. The summed E-state index contributed by atoms with van der Waals surface area (Å²) in [5, 5.41) is 5.95. The van der Waals surface area contributed by atoms with Crippen LogP contribution >= 0.6 is 0 Å². The van der Waals surface area contributed by atoms with E-state index < -0.39 is 24.5 Å². The van der Waals surface area contributed by atoms with Crippen LogP contribution in [0.15, 0.2) is 25.0 Å². The molecule has 11 heteroatoms. The first-order valence-electron chi connectivity index (χ1n) is 7.69. The van der Waals surface area contributed by atoms with Gasteiger partial charge in [0.05, 0.1) is 0 Å². The number of nitrogens with one attached hydrogen (secondary N) is 1. The summed E-state index contributed by atoms with van der Waals surface area (Å²) >= 11 is 0. The van der Waals surface area contributed by atoms with E-state index in [0.717, 1.165) is 0 Å². The third-order valence-corrected chi connectivity index (χ3v) is 3.94. The van der Waals surface area contributed by atoms with Gasteiger partial charge in [0.2, 0.25) is 5.91 Å². The number of alkyl halides is 3. The molecule has 0 bridgehead atoms. The second kappa shape index (κ2) is 7.03. The van der Waals surface area contributed by atoms with Crippen molar-refractivity contribution in [3.8, 4) is 5.82 Å². The van der Waals surface area contributed by atoms with Crippen LogP contribution in [-0.2, 0) is 4.79 Å². The third kappa shape index (κ3) is 4.43. The monoisotopic (exact) mass is 355 g/mol. The van der Waals surface area contributed by atoms with Crippen molar-refractivity contribution in [1.82, 2.24) is 30.0 Å². The smallest absolute Gasteiger partial charge is 0.356 e. The Balaban J connectivity index is 1.57. The normalized spacial score (nSPS) is 16.0. The van der Waals surface area contributed by atoms with Crippen LogP contribution in [0.5, 0.6) is 0 Å². The van der Waals surface area contributed by atoms with E-state index in [2.05, 4.69) is 20.1 Å². The number of amides is 1. The molecule has 0 radical (unpaired) electrons. The predicted octanol–water partition coefficient (Wildman–Crippen LogP) is 0.952. The van der Waals surface area contributed by atoms with E-state index in [1.54, 1.807) is 6.07 Å². The Bertz CT molecular complexity index is 711. The van der Waals surface area contributed by atoms with Crippen molar-refractivity contribution in [3.63, 3.8) is 0 Å². The molecule has 3 rings (SSSR count). The molecule has 0 saturated carbocycles. The number of anilines is 1. The van der Waals surface area contributed by atoms with Crippen molar-refractivity contribution in [1.29, 1.82) is 0 Å². The first-order chi connectivity index (χ1) is 11.9. The number of hydrogen-bond donors (Lipinski definition) is 1. The molecule has 1 amide bonds. The van der Waals surface area contributed by atoms with Gasteiger partial charge in [0.1, 0.15) is 31.3 Å². The Morgan fingerprint density at radius 1 is 1.20 bits per heavy atom. The Kier molecular flexibility index (Phi) is 4.81. The molecule has 2 aromatic rings. The van der Waals surface area contributed by atoms with E-state index >= 15 is 0 Å². The summed E-state index contributed by atoms with van der Waals surface area (Å²) in [6, 6.07) is 1.75. The minimum Gasteiger partial charge on any atom is -0.356 e. The quantitative estimate of drug-likeness (QED) is 0.879. The number of nitrogens with zero attached hydrogens (tertiary/aromatic N) is 6. The zero-order valence-electron chi connectivity index (χ0n) is 13.1. The van der Waals surface area contributed by atoms with Gasteiger partial charge >= 0.3 is 6.18 Å². The average Bonchev–Trinajstić information content (AvgIpc) is 3.14. The van der Waals surface area contributed by atoms with Crippen LogP contribution in [0.25, 0.3) is 5.82 Å². The molecule has 1 N–H and O–H groups in total. The van der Waals surface area contributed by atoms with E-state index in [9.17, 15) is 18.0 Å². The first-order valence-corrected chi connectivity index (χ1v) is 7.69. The van der Waals surface area contributed by atoms with Gasteiger partial charge < -0.3 is 10.2 Å². The third-order valence-electron chi connectivity index (χ3n) is 3.94. The van der Waals surface area contributed by atoms with Gasteiger partial charge in [0, 0.05) is 25.1 Å². The van der Waals surface area contributed by atoms with E-state index in [1.165, 1.54) is 23.7 Å². The maximum Gasteiger partial charge on any atom is 0.405 e. The van der Waals surface area contributed by atoms with Crippen LogP contribution in [0.2, 0.25) is 0 Å². The highest BCUT2D eigenvalue weighted by atomic mass is 19.4. The molecular formula is C14H16F3N7O. The maximum atomic E-state index is 12.2. The SMILES string of the molecule is O=C(NCC(F)(F)F)C1CCN(c2cc(-n3cncn3)ncn2)CC1. The molecule has 134 valence electrons. The van der Waals surface area contributed by atoms with Crippen LogP contribution in [-0.4, -0.2) is 56.5 Å². The number of rotatable bonds is 4. The lowest BCUT2D eigenvalue weighted by molar-refractivity contribution is -0.141. The van der Waals surface area contributed by atoms with Crippen LogP contribution in [0.1, 0.15) is 12.8 Å². The van der Waals surface area contributed by atoms with Gasteiger partial charge in [-0.2, -0.15) is 18.3 Å². The highest BCUT2D eigenvalue weighted by molar-refractivity contribution is 5.79. The fourth-order valence-electron chi connectivity index (χ4n) is 2.66. The zero-order valence-corrected chi connectivity index (χ0v) is 13.1. The molecule has 3 heterocycles. The largest absolute Gasteiger partial charge is 0.405 e. The van der Waals surface area contributed by atoms with Gasteiger partial charge in [0.25, 0.3) is 0 Å². The van der Waals surface area contributed by atoms with Crippen LogP contribution in [0.4, 0.5) is 19.0 Å². The minimum absolute atomic E-state index is 0.421. The van der Waals surface area contributed by atoms with Gasteiger partial charge in [-0.25, -0.2) is 19.6 Å². The molecule has 0 spiro atoms. The Labute approximate surface area is 141 Å². The lowest BCUT2D eigenvalue weighted by Gasteiger charge is -2.32. The van der Waals surface area contributed by atoms with Crippen LogP contribution < -0.4 is 10.2 Å². The number of hydrogen-bond acceptors (Lipinski definition) is 6. The second-order valence-electron chi connectivity index (χ2n) is 5.67. The average molecular weight is 355 g/mol. The number of piperidine rings is 1. The molecule has 1 aliphatic rings. The number of aromatic nitrogens is 5. The summed E-state index contributed by atoms with van der Waals surface area (Å²) in [6.45, 7) is -0.241. The van der Waals surface area contributed by atoms with Crippen molar-refractivity contribution >= 4 is 11.7 Å². The van der Waals surface area contributed by atoms with Gasteiger partial charge in [-0.1, -0.05) is 0 Å². The summed E-state index contributed by atoms with van der Waals surface area (Å²) in [6.07, 6.45) is 0.860. The highest BCUT2D eigenvalue weighted by Gasteiger charge is 2.31. The standard InChI is InChI=1S/C14H16F3N7O/c15-14(16,17)6-19-13(25)10-1-3-23(4-2-10)11-5-12(21-8-20-11)24-9-18-7-22-24/h5,7-10H,1-4,6H2,(H,19,25). The second-order valence-corrected chi connectivity index (χ2v) is 5.67. The molecule has 1 aliphatic heterocycles. The first kappa shape index (κ1) is 17.1. The van der Waals surface area contributed by atoms with Crippen molar-refractivity contribution in [2.75, 3.05) is 24.5 Å². The Morgan fingerprint density at radius 3 is 2.56 bits per heavy atom. The summed E-state index contributed by atoms with van der Waals surface area (Å²) < 4.78 is 38.0. The lowest BCUT2D eigenvalue weighted by Crippen LogP contribution is -2.43. The summed E-state index contributed by atoms with van der Waals surface area (Å²) in [5.41, 5.74) is 0. The molecule has 1 fully saturated rings. The van der Waals surface area contributed by atoms with Crippen molar-refractivity contribution in [2.45, 2.75) is 19.0 Å². The van der Waals surface area contributed by atoms with Crippen molar-refractivity contribution < 1.29 is 18.0 Å². The van der Waals surface area contributed by atoms with Crippen LogP contribution in [0, 0.1) is 5.92 Å². The molecule has 0 aliphatic carbocycles. The fraction of sp³-hybridized carbons (Fsp3) is 0.500. The van der Waals surface area contributed by atoms with Gasteiger partial charge in [0.15, 0.2) is 5.82 Å². The van der Waals surface area contributed by atoms with Crippen molar-refractivity contribution in [3.05, 3.63) is 25.0 Å². The molecule has 25 heavy (non-hydrogen) atoms. The molecule has 8 nitrogen and oxygen atoms in total. The highest BCUT2D eigenvalue weighted by Crippen LogP contribution is 2.23. The maximum absolute atomic E-state index is 12.2. The fourth-order valence-corrected chi connectivity index (χ4v) is 2.66. The summed E-state index contributed by atoms with van der Waals surface area (Å²) in [7, 11) is 0. The number of carbonyl (C=O) groups excluding carboxylic acids is 1. The topological polar surface area (TPSA) is 88.8 Å². The van der Waals surface area contributed by atoms with E-state index in [0.29, 0.717) is 37.6 Å². The Hall–Kier alpha value is -2.72. The Morgan fingerprint density at radius 2 is 1.92 bits per heavy atom. The van der Waals surface area contributed by atoms with Crippen molar-refractivity contribution in [2.24, 2.45) is 5.92 Å². The number of carbonyl (C=O) groups is 1. The van der Waals surface area contributed by atoms with E-state index in [4.69, 9.17) is 0 Å². The molecule has 0 unspecified atom stereocenters. The van der Waals surface area contributed by atoms with E-state index in [1.807, 2.05) is 10.2 Å². The minimum atomic E-state index is -4.39. The van der Waals surface area contributed by atoms with Gasteiger partial charge in [-0.05, 0) is 12.8 Å². The summed E-state index contributed by atoms with van der Waals surface area (Å²) in [5.74, 6) is 0.264. The summed E-state index contributed by atoms with van der Waals surface area (Å²) in [4.78, 5) is 26.0. The molecular weight excluding hydrogens is 339 g/mol. The molecule has 1 saturated heterocycles.